The lowest BCUT2D eigenvalue weighted by Crippen LogP contribution is -2.18. The van der Waals surface area contributed by atoms with Crippen LogP contribution < -0.4 is 11.1 Å². The zero-order valence-electron chi connectivity index (χ0n) is 10.8. The minimum Gasteiger partial charge on any atom is -0.481 e. The van der Waals surface area contributed by atoms with E-state index in [4.69, 9.17) is 10.8 Å². The van der Waals surface area contributed by atoms with Crippen molar-refractivity contribution in [2.24, 2.45) is 11.7 Å². The Morgan fingerprint density at radius 2 is 2.15 bits per heavy atom. The number of carbonyl (C=O) groups excluding carboxylic acids is 1. The smallest absolute Gasteiger partial charge is 0.306 e. The maximum Gasteiger partial charge on any atom is 0.306 e. The van der Waals surface area contributed by atoms with E-state index in [2.05, 4.69) is 5.32 Å². The molecule has 1 aromatic carbocycles. The van der Waals surface area contributed by atoms with Crippen LogP contribution in [0.3, 0.4) is 0 Å². The van der Waals surface area contributed by atoms with Crippen LogP contribution in [0, 0.1) is 16.0 Å². The number of nitro benzene ring substituents is 1. The maximum absolute atomic E-state index is 11.3. The van der Waals surface area contributed by atoms with Gasteiger partial charge in [-0.2, -0.15) is 0 Å². The number of carboxylic acids is 1. The van der Waals surface area contributed by atoms with E-state index in [0.29, 0.717) is 18.7 Å². The number of aliphatic carboxylic acids is 1. The number of nitrogens with two attached hydrogens (primary N) is 1. The van der Waals surface area contributed by atoms with Crippen molar-refractivity contribution in [2.75, 3.05) is 11.9 Å². The van der Waals surface area contributed by atoms with Gasteiger partial charge in [0.05, 0.1) is 16.4 Å². The van der Waals surface area contributed by atoms with Crippen LogP contribution >= 0.6 is 0 Å². The van der Waals surface area contributed by atoms with Crippen molar-refractivity contribution in [3.05, 3.63) is 33.9 Å². The van der Waals surface area contributed by atoms with E-state index < -0.39 is 22.7 Å². The van der Waals surface area contributed by atoms with E-state index in [1.807, 2.05) is 0 Å². The Kier molecular flexibility index (Phi) is 5.01. The average molecular weight is 281 g/mol. The third-order valence-corrected chi connectivity index (χ3v) is 2.79. The van der Waals surface area contributed by atoms with Crippen molar-refractivity contribution in [1.82, 2.24) is 0 Å². The van der Waals surface area contributed by atoms with Gasteiger partial charge in [-0.25, -0.2) is 0 Å². The Bertz CT molecular complexity index is 544. The highest BCUT2D eigenvalue weighted by molar-refractivity contribution is 5.99. The van der Waals surface area contributed by atoms with Gasteiger partial charge in [-0.3, -0.25) is 19.7 Å². The van der Waals surface area contributed by atoms with E-state index in [1.54, 1.807) is 6.92 Å². The van der Waals surface area contributed by atoms with Gasteiger partial charge in [0.15, 0.2) is 0 Å². The van der Waals surface area contributed by atoms with Gasteiger partial charge in [0, 0.05) is 24.4 Å². The molecule has 0 saturated carbocycles. The molecule has 1 amide bonds. The summed E-state index contributed by atoms with van der Waals surface area (Å²) in [6.45, 7) is 1.88. The first-order chi connectivity index (χ1) is 9.32. The molecule has 0 bridgehead atoms. The van der Waals surface area contributed by atoms with Crippen molar-refractivity contribution in [3.63, 3.8) is 0 Å². The number of carbonyl (C=O) groups is 2. The molecule has 0 spiro atoms. The lowest BCUT2D eigenvalue weighted by atomic mass is 10.1. The van der Waals surface area contributed by atoms with Crippen LogP contribution in [0.25, 0.3) is 0 Å². The van der Waals surface area contributed by atoms with E-state index in [1.165, 1.54) is 12.1 Å². The summed E-state index contributed by atoms with van der Waals surface area (Å²) in [7, 11) is 0. The number of nitrogens with zero attached hydrogens (tertiary/aromatic N) is 1. The third kappa shape index (κ3) is 3.94. The van der Waals surface area contributed by atoms with Crippen molar-refractivity contribution in [1.29, 1.82) is 0 Å². The summed E-state index contributed by atoms with van der Waals surface area (Å²) in [6.07, 6.45) is 0.352. The molecular formula is C12H15N3O5. The summed E-state index contributed by atoms with van der Waals surface area (Å²) in [6, 6.07) is 3.71. The Balaban J connectivity index is 2.82. The first-order valence-corrected chi connectivity index (χ1v) is 5.88. The molecule has 1 aromatic rings. The summed E-state index contributed by atoms with van der Waals surface area (Å²) in [5.41, 5.74) is 5.28. The zero-order chi connectivity index (χ0) is 15.3. The van der Waals surface area contributed by atoms with E-state index in [9.17, 15) is 19.7 Å². The van der Waals surface area contributed by atoms with Crippen LogP contribution in [0.15, 0.2) is 18.2 Å². The molecule has 1 atom stereocenters. The quantitative estimate of drug-likeness (QED) is 0.507. The second-order valence-electron chi connectivity index (χ2n) is 4.31. The summed E-state index contributed by atoms with van der Waals surface area (Å²) in [5.74, 6) is -2.23. The van der Waals surface area contributed by atoms with Gasteiger partial charge in [-0.15, -0.1) is 0 Å². The fourth-order valence-electron chi connectivity index (χ4n) is 1.55. The van der Waals surface area contributed by atoms with Crippen molar-refractivity contribution in [2.45, 2.75) is 13.3 Å². The molecule has 0 saturated heterocycles. The minimum absolute atomic E-state index is 0.00202. The molecule has 20 heavy (non-hydrogen) atoms. The molecule has 0 fully saturated rings. The monoisotopic (exact) mass is 281 g/mol. The molecule has 108 valence electrons. The predicted octanol–water partition coefficient (Wildman–Crippen LogP) is 1.22. The van der Waals surface area contributed by atoms with Crippen LogP contribution in [0.5, 0.6) is 0 Å². The second kappa shape index (κ2) is 6.50. The van der Waals surface area contributed by atoms with Gasteiger partial charge < -0.3 is 16.2 Å². The number of hydrogen-bond acceptors (Lipinski definition) is 5. The number of carboxylic acid groups (broad SMARTS) is 1. The maximum atomic E-state index is 11.3. The van der Waals surface area contributed by atoms with Gasteiger partial charge in [-0.1, -0.05) is 6.92 Å². The molecule has 4 N–H and O–H groups in total. The topological polar surface area (TPSA) is 136 Å². The number of hydrogen-bond donors (Lipinski definition) is 3. The highest BCUT2D eigenvalue weighted by atomic mass is 16.6. The molecule has 8 nitrogen and oxygen atoms in total. The molecule has 1 unspecified atom stereocenters. The van der Waals surface area contributed by atoms with Gasteiger partial charge in [0.2, 0.25) is 0 Å². The van der Waals surface area contributed by atoms with Gasteiger partial charge in [0.25, 0.3) is 11.6 Å². The Morgan fingerprint density at radius 1 is 1.50 bits per heavy atom. The number of benzene rings is 1. The lowest BCUT2D eigenvalue weighted by Gasteiger charge is -2.11. The number of rotatable bonds is 7. The van der Waals surface area contributed by atoms with Crippen molar-refractivity contribution < 1.29 is 19.6 Å². The first-order valence-electron chi connectivity index (χ1n) is 5.88. The second-order valence-corrected chi connectivity index (χ2v) is 4.31. The average Bonchev–Trinajstić information content (AvgIpc) is 2.38. The molecule has 1 rings (SSSR count). The Morgan fingerprint density at radius 3 is 2.65 bits per heavy atom. The molecule has 0 aliphatic rings. The number of anilines is 1. The molecule has 0 aliphatic heterocycles. The Labute approximate surface area is 114 Å². The highest BCUT2D eigenvalue weighted by Crippen LogP contribution is 2.22. The number of nitro groups is 1. The zero-order valence-corrected chi connectivity index (χ0v) is 10.8. The molecular weight excluding hydrogens is 266 g/mol. The van der Waals surface area contributed by atoms with Crippen LogP contribution in [0.2, 0.25) is 0 Å². The van der Waals surface area contributed by atoms with Crippen molar-refractivity contribution in [3.8, 4) is 0 Å². The summed E-state index contributed by atoms with van der Waals surface area (Å²) in [5, 5.41) is 22.2. The highest BCUT2D eigenvalue weighted by Gasteiger charge is 2.15. The van der Waals surface area contributed by atoms with Gasteiger partial charge in [-0.05, 0) is 12.5 Å². The van der Waals surface area contributed by atoms with Gasteiger partial charge >= 0.3 is 5.97 Å². The molecule has 8 heteroatoms. The fraction of sp³-hybridized carbons (Fsp3) is 0.333. The minimum atomic E-state index is -0.911. The number of primary amides is 1. The predicted molar refractivity (Wildman–Crippen MR) is 71.5 cm³/mol. The summed E-state index contributed by atoms with van der Waals surface area (Å²) < 4.78 is 0. The lowest BCUT2D eigenvalue weighted by molar-refractivity contribution is -0.384. The third-order valence-electron chi connectivity index (χ3n) is 2.79. The van der Waals surface area contributed by atoms with Crippen LogP contribution in [-0.2, 0) is 4.79 Å². The number of non-ortho nitro benzene ring substituents is 1. The van der Waals surface area contributed by atoms with E-state index in [0.717, 1.165) is 6.07 Å². The van der Waals surface area contributed by atoms with Gasteiger partial charge in [0.1, 0.15) is 0 Å². The SMILES string of the molecule is CC(CCNc1ccc([N+](=O)[O-])cc1C(N)=O)C(=O)O. The molecule has 0 aliphatic carbocycles. The first kappa shape index (κ1) is 15.4. The number of amides is 1. The largest absolute Gasteiger partial charge is 0.481 e. The van der Waals surface area contributed by atoms with E-state index in [-0.39, 0.29) is 11.3 Å². The summed E-state index contributed by atoms with van der Waals surface area (Å²) >= 11 is 0. The fourth-order valence-corrected chi connectivity index (χ4v) is 1.55. The standard InChI is InChI=1S/C12H15N3O5/c1-7(12(17)18)4-5-14-10-3-2-8(15(19)20)6-9(10)11(13)16/h2-3,6-7,14H,4-5H2,1H3,(H2,13,16)(H,17,18). The molecule has 0 aromatic heterocycles. The van der Waals surface area contributed by atoms with Crippen molar-refractivity contribution >= 4 is 23.3 Å². The molecule has 0 radical (unpaired) electrons. The van der Waals surface area contributed by atoms with E-state index >= 15 is 0 Å². The Hall–Kier alpha value is -2.64. The van der Waals surface area contributed by atoms with Crippen LogP contribution in [0.1, 0.15) is 23.7 Å². The summed E-state index contributed by atoms with van der Waals surface area (Å²) in [4.78, 5) is 31.9. The normalized spacial score (nSPS) is 11.7. The number of nitrogens with one attached hydrogen (secondary N) is 1. The molecule has 0 heterocycles. The van der Waals surface area contributed by atoms with Crippen LogP contribution in [-0.4, -0.2) is 28.5 Å². The van der Waals surface area contributed by atoms with Crippen LogP contribution in [0.4, 0.5) is 11.4 Å².